The number of nitrogens with zero attached hydrogens (tertiary/aromatic N) is 1. The minimum absolute atomic E-state index is 0.222. The van der Waals surface area contributed by atoms with E-state index in [1.165, 1.54) is 0 Å². The molecule has 0 aliphatic carbocycles. The molecular formula is C3H2NO2P. The van der Waals surface area contributed by atoms with Gasteiger partial charge in [0.05, 0.1) is 0 Å². The normalized spacial score (nSPS) is 17.7. The summed E-state index contributed by atoms with van der Waals surface area (Å²) in [5.41, 5.74) is 0.222. The molecule has 1 aliphatic heterocycles. The monoisotopic (exact) mass is 115 g/mol. The summed E-state index contributed by atoms with van der Waals surface area (Å²) in [5, 5.41) is 0. The average Bonchev–Trinajstić information content (AvgIpc) is 1.91. The topological polar surface area (TPSA) is 38.7 Å². The van der Waals surface area contributed by atoms with E-state index in [4.69, 9.17) is 0 Å². The first-order valence-electron chi connectivity index (χ1n) is 1.63. The molecule has 0 unspecified atom stereocenters. The number of cyclic esters (lactones) is 1. The molecule has 0 bridgehead atoms. The Hall–Kier alpha value is -0.690. The molecular weight excluding hydrogens is 113 g/mol. The van der Waals surface area contributed by atoms with Crippen LogP contribution in [0.5, 0.6) is 0 Å². The number of hydrogen-bond acceptors (Lipinski definition) is 2. The summed E-state index contributed by atoms with van der Waals surface area (Å²) in [7, 11) is 2.89. The van der Waals surface area contributed by atoms with Crippen LogP contribution in [-0.2, 0) is 9.53 Å². The minimum atomic E-state index is -0.434. The Labute approximate surface area is 42.2 Å². The molecule has 0 radical (unpaired) electrons. The van der Waals surface area contributed by atoms with Crippen LogP contribution < -0.4 is 0 Å². The fourth-order valence-corrected chi connectivity index (χ4v) is 0.347. The second-order valence-corrected chi connectivity index (χ2v) is 1.46. The van der Waals surface area contributed by atoms with Crippen molar-refractivity contribution in [2.45, 2.75) is 0 Å². The van der Waals surface area contributed by atoms with Crippen LogP contribution in [0.2, 0.25) is 0 Å². The van der Waals surface area contributed by atoms with Crippen LogP contribution in [-0.4, -0.2) is 17.8 Å². The Morgan fingerprint density at radius 2 is 2.57 bits per heavy atom. The zero-order valence-corrected chi connectivity index (χ0v) is 4.34. The predicted octanol–water partition coefficient (Wildman–Crippen LogP) is -0.156. The number of esters is 1. The standard InChI is InChI=1S/C3H2NO2P/c5-3-2(7)4-1-6-3/h1,7H. The van der Waals surface area contributed by atoms with Gasteiger partial charge in [-0.05, 0) is 0 Å². The average molecular weight is 115 g/mol. The maximum absolute atomic E-state index is 10.1. The fraction of sp³-hybridized carbons (Fsp3) is 0. The van der Waals surface area contributed by atoms with Crippen molar-refractivity contribution in [2.24, 2.45) is 4.99 Å². The molecule has 0 saturated heterocycles. The quantitative estimate of drug-likeness (QED) is 0.325. The lowest BCUT2D eigenvalue weighted by atomic mass is 10.7. The van der Waals surface area contributed by atoms with Gasteiger partial charge < -0.3 is 4.74 Å². The maximum Gasteiger partial charge on any atom is 0.367 e. The summed E-state index contributed by atoms with van der Waals surface area (Å²) in [5.74, 6) is -0.434. The summed E-state index contributed by atoms with van der Waals surface area (Å²) in [6, 6.07) is 0. The van der Waals surface area contributed by atoms with E-state index >= 15 is 0 Å². The fourth-order valence-electron chi connectivity index (χ4n) is 0.235. The molecule has 7 heavy (non-hydrogen) atoms. The van der Waals surface area contributed by atoms with Crippen molar-refractivity contribution in [3.8, 4) is 0 Å². The Balaban J connectivity index is 2.81. The van der Waals surface area contributed by atoms with Crippen molar-refractivity contribution in [3.63, 3.8) is 0 Å². The molecule has 0 atom stereocenters. The van der Waals surface area contributed by atoms with Crippen LogP contribution >= 0.6 is 8.86 Å². The first-order valence-corrected chi connectivity index (χ1v) is 2.13. The third kappa shape index (κ3) is 0.671. The van der Waals surface area contributed by atoms with Gasteiger partial charge in [0.1, 0.15) is 0 Å². The second-order valence-electron chi connectivity index (χ2n) is 0.988. The highest BCUT2D eigenvalue weighted by atomic mass is 31.0. The molecule has 0 fully saturated rings. The van der Waals surface area contributed by atoms with E-state index in [1.54, 1.807) is 0 Å². The number of carbonyl (C=O) groups excluding carboxylic acids is 1. The molecule has 0 spiro atoms. The SMILES string of the molecule is O=C1OC=NC1=P. The third-order valence-electron chi connectivity index (χ3n) is 0.535. The van der Waals surface area contributed by atoms with E-state index in [9.17, 15) is 4.79 Å². The highest BCUT2D eigenvalue weighted by Crippen LogP contribution is 1.92. The largest absolute Gasteiger partial charge is 0.409 e. The van der Waals surface area contributed by atoms with E-state index in [0.717, 1.165) is 6.40 Å². The molecule has 0 saturated carbocycles. The number of rotatable bonds is 0. The lowest BCUT2D eigenvalue weighted by molar-refractivity contribution is -0.126. The molecule has 1 aliphatic rings. The Morgan fingerprint density at radius 1 is 1.86 bits per heavy atom. The lowest BCUT2D eigenvalue weighted by Gasteiger charge is -1.78. The van der Waals surface area contributed by atoms with Gasteiger partial charge in [0.2, 0.25) is 0 Å². The maximum atomic E-state index is 10.1. The molecule has 0 aromatic rings. The van der Waals surface area contributed by atoms with Crippen molar-refractivity contribution in [1.29, 1.82) is 0 Å². The molecule has 0 amide bonds. The summed E-state index contributed by atoms with van der Waals surface area (Å²) in [4.78, 5) is 13.6. The molecule has 0 aromatic heterocycles. The number of aliphatic imine (C=N–C) groups is 1. The zero-order chi connectivity index (χ0) is 5.28. The number of ether oxygens (including phenoxy) is 1. The Kier molecular flexibility index (Phi) is 0.912. The van der Waals surface area contributed by atoms with Crippen LogP contribution in [0.3, 0.4) is 0 Å². The van der Waals surface area contributed by atoms with Crippen LogP contribution in [0.25, 0.3) is 0 Å². The molecule has 36 valence electrons. The molecule has 3 nitrogen and oxygen atoms in total. The van der Waals surface area contributed by atoms with Crippen molar-refractivity contribution < 1.29 is 9.53 Å². The zero-order valence-electron chi connectivity index (χ0n) is 3.34. The number of carbonyl (C=O) groups is 1. The second kappa shape index (κ2) is 1.43. The van der Waals surface area contributed by atoms with Crippen LogP contribution in [0.4, 0.5) is 0 Å². The van der Waals surface area contributed by atoms with E-state index in [-0.39, 0.29) is 5.42 Å². The Morgan fingerprint density at radius 3 is 2.71 bits per heavy atom. The molecule has 1 rings (SSSR count). The van der Waals surface area contributed by atoms with Gasteiger partial charge in [-0.3, -0.25) is 0 Å². The van der Waals surface area contributed by atoms with Gasteiger partial charge in [-0.1, -0.05) is 8.86 Å². The van der Waals surface area contributed by atoms with Gasteiger partial charge in [-0.15, -0.1) is 0 Å². The molecule has 1 heterocycles. The van der Waals surface area contributed by atoms with Gasteiger partial charge >= 0.3 is 5.97 Å². The highest BCUT2D eigenvalue weighted by Gasteiger charge is 2.10. The van der Waals surface area contributed by atoms with Gasteiger partial charge in [-0.25, -0.2) is 9.79 Å². The van der Waals surface area contributed by atoms with Crippen molar-refractivity contribution in [3.05, 3.63) is 0 Å². The lowest BCUT2D eigenvalue weighted by Crippen LogP contribution is -2.02. The van der Waals surface area contributed by atoms with Crippen molar-refractivity contribution in [2.75, 3.05) is 0 Å². The van der Waals surface area contributed by atoms with Gasteiger partial charge in [0.25, 0.3) is 0 Å². The summed E-state index contributed by atoms with van der Waals surface area (Å²) >= 11 is 0. The van der Waals surface area contributed by atoms with Gasteiger partial charge in [0, 0.05) is 0 Å². The first-order chi connectivity index (χ1) is 3.30. The van der Waals surface area contributed by atoms with Crippen molar-refractivity contribution in [1.82, 2.24) is 0 Å². The van der Waals surface area contributed by atoms with E-state index in [1.807, 2.05) is 0 Å². The van der Waals surface area contributed by atoms with Crippen LogP contribution in [0, 0.1) is 0 Å². The smallest absolute Gasteiger partial charge is 0.367 e. The molecule has 4 heteroatoms. The van der Waals surface area contributed by atoms with Crippen molar-refractivity contribution >= 4 is 26.7 Å². The minimum Gasteiger partial charge on any atom is -0.409 e. The highest BCUT2D eigenvalue weighted by molar-refractivity contribution is 7.25. The molecule has 0 N–H and O–H groups in total. The summed E-state index contributed by atoms with van der Waals surface area (Å²) in [6.07, 6.45) is 1.09. The van der Waals surface area contributed by atoms with E-state index < -0.39 is 5.97 Å². The summed E-state index contributed by atoms with van der Waals surface area (Å²) < 4.78 is 4.25. The summed E-state index contributed by atoms with van der Waals surface area (Å²) in [6.45, 7) is 0. The molecule has 0 aromatic carbocycles. The first kappa shape index (κ1) is 4.47. The van der Waals surface area contributed by atoms with Crippen LogP contribution in [0.15, 0.2) is 4.99 Å². The Bertz CT molecular complexity index is 151. The van der Waals surface area contributed by atoms with Gasteiger partial charge in [-0.2, -0.15) is 0 Å². The van der Waals surface area contributed by atoms with E-state index in [2.05, 4.69) is 18.6 Å². The third-order valence-corrected chi connectivity index (χ3v) is 0.868. The number of hydrogen-bond donors (Lipinski definition) is 0. The predicted molar refractivity (Wildman–Crippen MR) is 27.9 cm³/mol. The van der Waals surface area contributed by atoms with E-state index in [0.29, 0.717) is 0 Å². The van der Waals surface area contributed by atoms with Crippen LogP contribution in [0.1, 0.15) is 0 Å². The van der Waals surface area contributed by atoms with Gasteiger partial charge in [0.15, 0.2) is 11.8 Å².